The van der Waals surface area contributed by atoms with Gasteiger partial charge in [-0.05, 0) is 53.9 Å². The number of halogens is 1. The summed E-state index contributed by atoms with van der Waals surface area (Å²) in [5.41, 5.74) is 9.98. The van der Waals surface area contributed by atoms with Gasteiger partial charge in [0.2, 0.25) is 0 Å². The highest BCUT2D eigenvalue weighted by atomic mass is 32.2. The van der Waals surface area contributed by atoms with Gasteiger partial charge in [0.15, 0.2) is 0 Å². The van der Waals surface area contributed by atoms with Gasteiger partial charge in [-0.25, -0.2) is 17.8 Å². The Morgan fingerprint density at radius 3 is 2.68 bits per heavy atom. The number of fused-ring (bicyclic) bond motifs is 1. The Morgan fingerprint density at radius 1 is 1.09 bits per heavy atom. The van der Waals surface area contributed by atoms with Gasteiger partial charge in [-0.2, -0.15) is 0 Å². The van der Waals surface area contributed by atoms with Crippen LogP contribution in [0, 0.1) is 12.7 Å². The molecular formula is C24H22FN5O3S. The lowest BCUT2D eigenvalue weighted by Gasteiger charge is -2.10. The SMILES string of the molecule is Cc1nc(N)ccc1CNC(=O)c1ccnc(Cc2cc(C[SH](=O)=O)c3ncc(F)cc3c2)c1. The van der Waals surface area contributed by atoms with E-state index in [0.717, 1.165) is 23.0 Å². The number of hydrogen-bond donors (Lipinski definition) is 3. The summed E-state index contributed by atoms with van der Waals surface area (Å²) in [5, 5.41) is 3.37. The monoisotopic (exact) mass is 479 g/mol. The predicted octanol–water partition coefficient (Wildman–Crippen LogP) is 2.69. The molecule has 0 saturated carbocycles. The zero-order chi connectivity index (χ0) is 24.2. The number of benzene rings is 1. The van der Waals surface area contributed by atoms with Crippen LogP contribution in [0.25, 0.3) is 10.9 Å². The molecule has 0 saturated heterocycles. The van der Waals surface area contributed by atoms with E-state index in [9.17, 15) is 17.6 Å². The maximum atomic E-state index is 13.7. The lowest BCUT2D eigenvalue weighted by molar-refractivity contribution is 0.0950. The molecule has 0 fully saturated rings. The van der Waals surface area contributed by atoms with Crippen LogP contribution in [-0.2, 0) is 29.4 Å². The number of hydrogen-bond acceptors (Lipinski definition) is 7. The number of nitrogens with one attached hydrogen (secondary N) is 1. The largest absolute Gasteiger partial charge is 0.384 e. The number of nitrogen functional groups attached to an aromatic ring is 1. The van der Waals surface area contributed by atoms with E-state index >= 15 is 0 Å². The molecule has 8 nitrogen and oxygen atoms in total. The third-order valence-corrected chi connectivity index (χ3v) is 5.91. The van der Waals surface area contributed by atoms with Crippen LogP contribution in [0.3, 0.4) is 0 Å². The van der Waals surface area contributed by atoms with Crippen molar-refractivity contribution in [1.29, 1.82) is 0 Å². The number of anilines is 1. The zero-order valence-electron chi connectivity index (χ0n) is 18.3. The fourth-order valence-corrected chi connectivity index (χ4v) is 4.25. The molecule has 0 bridgehead atoms. The van der Waals surface area contributed by atoms with E-state index in [0.29, 0.717) is 46.5 Å². The van der Waals surface area contributed by atoms with E-state index in [2.05, 4.69) is 20.3 Å². The van der Waals surface area contributed by atoms with Crippen LogP contribution in [0.5, 0.6) is 0 Å². The molecule has 3 N–H and O–H groups in total. The summed E-state index contributed by atoms with van der Waals surface area (Å²) >= 11 is 0. The number of rotatable bonds is 7. The molecule has 0 spiro atoms. The lowest BCUT2D eigenvalue weighted by Crippen LogP contribution is -2.23. The number of carbonyl (C=O) groups excluding carboxylic acids is 1. The Labute approximate surface area is 197 Å². The van der Waals surface area contributed by atoms with Gasteiger partial charge in [0.25, 0.3) is 5.91 Å². The molecule has 34 heavy (non-hydrogen) atoms. The van der Waals surface area contributed by atoms with Crippen molar-refractivity contribution in [3.63, 3.8) is 0 Å². The second-order valence-electron chi connectivity index (χ2n) is 7.85. The molecule has 0 unspecified atom stereocenters. The average Bonchev–Trinajstić information content (AvgIpc) is 2.78. The highest BCUT2D eigenvalue weighted by Gasteiger charge is 2.12. The summed E-state index contributed by atoms with van der Waals surface area (Å²) in [7, 11) is -2.68. The third-order valence-electron chi connectivity index (χ3n) is 5.31. The fraction of sp³-hybridized carbons (Fsp3) is 0.167. The molecule has 3 heterocycles. The molecule has 1 amide bonds. The van der Waals surface area contributed by atoms with E-state index in [1.54, 1.807) is 30.3 Å². The zero-order valence-corrected chi connectivity index (χ0v) is 19.2. The second-order valence-corrected chi connectivity index (χ2v) is 8.83. The van der Waals surface area contributed by atoms with E-state index in [1.807, 2.05) is 13.0 Å². The Hall–Kier alpha value is -3.92. The standard InChI is InChI=1S/C24H22FN5O3S/c1-14-17(2-3-22(26)30-14)11-29-24(31)16-4-5-27-21(10-16)8-15-6-18-9-20(25)12-28-23(18)19(7-15)13-34(32)33/h2-7,9-10,12,34H,8,11,13H2,1H3,(H2,26,30)(H,29,31). The average molecular weight is 480 g/mol. The van der Waals surface area contributed by atoms with Gasteiger partial charge >= 0.3 is 0 Å². The minimum atomic E-state index is -2.68. The molecule has 0 radical (unpaired) electrons. The lowest BCUT2D eigenvalue weighted by atomic mass is 10.0. The van der Waals surface area contributed by atoms with Crippen LogP contribution in [0.2, 0.25) is 0 Å². The fourth-order valence-electron chi connectivity index (χ4n) is 3.73. The van der Waals surface area contributed by atoms with Crippen molar-refractivity contribution in [2.45, 2.75) is 25.6 Å². The number of nitrogens with zero attached hydrogens (tertiary/aromatic N) is 3. The van der Waals surface area contributed by atoms with Gasteiger partial charge in [0.05, 0.1) is 17.5 Å². The number of carbonyl (C=O) groups is 1. The van der Waals surface area contributed by atoms with Crippen LogP contribution in [0.15, 0.2) is 54.9 Å². The Morgan fingerprint density at radius 2 is 1.91 bits per heavy atom. The van der Waals surface area contributed by atoms with Gasteiger partial charge in [0.1, 0.15) is 22.3 Å². The minimum Gasteiger partial charge on any atom is -0.384 e. The molecule has 1 aromatic carbocycles. The molecule has 0 aliphatic carbocycles. The number of aromatic nitrogens is 3. The highest BCUT2D eigenvalue weighted by Crippen LogP contribution is 2.23. The van der Waals surface area contributed by atoms with Crippen molar-refractivity contribution in [2.24, 2.45) is 0 Å². The van der Waals surface area contributed by atoms with Crippen LogP contribution < -0.4 is 11.1 Å². The van der Waals surface area contributed by atoms with E-state index in [-0.39, 0.29) is 11.7 Å². The second kappa shape index (κ2) is 9.92. The molecule has 3 aromatic heterocycles. The number of amides is 1. The molecular weight excluding hydrogens is 457 g/mol. The first-order chi connectivity index (χ1) is 16.3. The summed E-state index contributed by atoms with van der Waals surface area (Å²) < 4.78 is 36.4. The maximum absolute atomic E-state index is 13.7. The summed E-state index contributed by atoms with van der Waals surface area (Å²) in [5.74, 6) is -0.559. The molecule has 10 heteroatoms. The maximum Gasteiger partial charge on any atom is 0.251 e. The first-order valence-electron chi connectivity index (χ1n) is 10.4. The van der Waals surface area contributed by atoms with E-state index in [1.165, 1.54) is 12.3 Å². The number of thiol groups is 1. The van der Waals surface area contributed by atoms with Crippen molar-refractivity contribution in [2.75, 3.05) is 5.73 Å². The Kier molecular flexibility index (Phi) is 6.78. The minimum absolute atomic E-state index is 0.201. The van der Waals surface area contributed by atoms with Crippen LogP contribution in [0.1, 0.15) is 38.4 Å². The summed E-state index contributed by atoms with van der Waals surface area (Å²) in [6.07, 6.45) is 2.93. The van der Waals surface area contributed by atoms with Gasteiger partial charge < -0.3 is 11.1 Å². The van der Waals surface area contributed by atoms with Gasteiger partial charge in [-0.3, -0.25) is 14.8 Å². The van der Waals surface area contributed by atoms with Gasteiger partial charge in [0, 0.05) is 41.5 Å². The predicted molar refractivity (Wildman–Crippen MR) is 127 cm³/mol. The molecule has 4 aromatic rings. The number of pyridine rings is 3. The summed E-state index contributed by atoms with van der Waals surface area (Å²) in [4.78, 5) is 25.3. The summed E-state index contributed by atoms with van der Waals surface area (Å²) in [6, 6.07) is 11.6. The van der Waals surface area contributed by atoms with Crippen molar-refractivity contribution in [3.8, 4) is 0 Å². The molecule has 0 atom stereocenters. The number of aryl methyl sites for hydroxylation is 1. The van der Waals surface area contributed by atoms with Crippen molar-refractivity contribution in [3.05, 3.63) is 94.3 Å². The van der Waals surface area contributed by atoms with E-state index < -0.39 is 16.5 Å². The first kappa shape index (κ1) is 23.2. The molecule has 0 aliphatic heterocycles. The Balaban J connectivity index is 1.55. The highest BCUT2D eigenvalue weighted by molar-refractivity contribution is 7.71. The molecule has 4 rings (SSSR count). The van der Waals surface area contributed by atoms with Crippen molar-refractivity contribution >= 4 is 33.3 Å². The van der Waals surface area contributed by atoms with Gasteiger partial charge in [-0.15, -0.1) is 0 Å². The van der Waals surface area contributed by atoms with Crippen molar-refractivity contribution in [1.82, 2.24) is 20.3 Å². The van der Waals surface area contributed by atoms with Crippen molar-refractivity contribution < 1.29 is 17.6 Å². The topological polar surface area (TPSA) is 128 Å². The quantitative estimate of drug-likeness (QED) is 0.348. The van der Waals surface area contributed by atoms with Crippen LogP contribution >= 0.6 is 0 Å². The smallest absolute Gasteiger partial charge is 0.251 e. The van der Waals surface area contributed by atoms with E-state index in [4.69, 9.17) is 5.73 Å². The number of nitrogens with two attached hydrogens (primary N) is 1. The normalized spacial score (nSPS) is 11.1. The molecule has 174 valence electrons. The summed E-state index contributed by atoms with van der Waals surface area (Å²) in [6.45, 7) is 2.13. The van der Waals surface area contributed by atoms with Gasteiger partial charge in [-0.1, -0.05) is 12.1 Å². The Bertz CT molecular complexity index is 1460. The third kappa shape index (κ3) is 5.52. The van der Waals surface area contributed by atoms with Crippen LogP contribution in [-0.4, -0.2) is 29.3 Å². The van der Waals surface area contributed by atoms with Crippen LogP contribution in [0.4, 0.5) is 10.2 Å². The molecule has 0 aliphatic rings. The first-order valence-corrected chi connectivity index (χ1v) is 11.8.